The topological polar surface area (TPSA) is 69.6 Å². The van der Waals surface area contributed by atoms with E-state index in [1.165, 1.54) is 17.5 Å². The molecule has 3 atom stereocenters. The first-order valence-electron chi connectivity index (χ1n) is 8.36. The van der Waals surface area contributed by atoms with Crippen molar-refractivity contribution in [1.82, 2.24) is 10.2 Å². The molecule has 1 aliphatic heterocycles. The number of thiophene rings is 1. The molecule has 2 amide bonds. The van der Waals surface area contributed by atoms with E-state index in [-0.39, 0.29) is 9.78 Å². The Labute approximate surface area is 169 Å². The molecule has 1 aromatic carbocycles. The second kappa shape index (κ2) is 7.27. The van der Waals surface area contributed by atoms with Crippen LogP contribution < -0.4 is 5.32 Å². The van der Waals surface area contributed by atoms with E-state index in [9.17, 15) is 41.0 Å². The van der Waals surface area contributed by atoms with Crippen molar-refractivity contribution in [2.75, 3.05) is 7.05 Å². The Morgan fingerprint density at radius 2 is 1.83 bits per heavy atom. The van der Waals surface area contributed by atoms with Gasteiger partial charge < -0.3 is 10.4 Å². The Morgan fingerprint density at radius 3 is 2.37 bits per heavy atom. The lowest BCUT2D eigenvalue weighted by molar-refractivity contribution is -0.322. The standard InChI is InChI=1S/C18H14F6N2O3S/c1-26-15(28)25-13(9-4-2-5-10(8-9)17(19,20)21)12(16(26,29)18(22,23)24)14(27)11-6-3-7-30-11/h2-8,12-13,29H,1H3,(H,25,28)/t12-,13+,16+/m1/s1. The van der Waals surface area contributed by atoms with Crippen LogP contribution >= 0.6 is 11.3 Å². The molecule has 30 heavy (non-hydrogen) atoms. The number of alkyl halides is 6. The highest BCUT2D eigenvalue weighted by Gasteiger charge is 2.69. The molecule has 2 aromatic rings. The normalized spacial score (nSPS) is 25.2. The van der Waals surface area contributed by atoms with Crippen LogP contribution in [0.2, 0.25) is 0 Å². The van der Waals surface area contributed by atoms with E-state index in [0.717, 1.165) is 23.5 Å². The first-order valence-corrected chi connectivity index (χ1v) is 9.24. The average Bonchev–Trinajstić information content (AvgIpc) is 3.18. The number of amides is 2. The summed E-state index contributed by atoms with van der Waals surface area (Å²) < 4.78 is 81.2. The number of urea groups is 1. The molecular formula is C18H14F6N2O3S. The predicted molar refractivity (Wildman–Crippen MR) is 93.6 cm³/mol. The van der Waals surface area contributed by atoms with Gasteiger partial charge in [-0.2, -0.15) is 26.3 Å². The van der Waals surface area contributed by atoms with Crippen molar-refractivity contribution >= 4 is 23.2 Å². The van der Waals surface area contributed by atoms with Crippen LogP contribution in [0.3, 0.4) is 0 Å². The Balaban J connectivity index is 2.22. The van der Waals surface area contributed by atoms with Crippen LogP contribution in [0, 0.1) is 5.92 Å². The van der Waals surface area contributed by atoms with Crippen molar-refractivity contribution in [2.24, 2.45) is 5.92 Å². The second-order valence-electron chi connectivity index (χ2n) is 6.65. The average molecular weight is 452 g/mol. The molecule has 2 N–H and O–H groups in total. The van der Waals surface area contributed by atoms with Gasteiger partial charge in [0.25, 0.3) is 5.72 Å². The highest BCUT2D eigenvalue weighted by atomic mass is 32.1. The highest BCUT2D eigenvalue weighted by molar-refractivity contribution is 7.12. The van der Waals surface area contributed by atoms with Gasteiger partial charge in [-0.15, -0.1) is 11.3 Å². The van der Waals surface area contributed by atoms with Crippen molar-refractivity contribution in [2.45, 2.75) is 24.1 Å². The third-order valence-corrected chi connectivity index (χ3v) is 5.78. The maximum atomic E-state index is 14.0. The van der Waals surface area contributed by atoms with Crippen LogP contribution in [0.1, 0.15) is 26.8 Å². The van der Waals surface area contributed by atoms with E-state index in [2.05, 4.69) is 5.32 Å². The van der Waals surface area contributed by atoms with Crippen molar-refractivity contribution in [3.8, 4) is 0 Å². The minimum Gasteiger partial charge on any atom is -0.363 e. The Hall–Kier alpha value is -2.60. The predicted octanol–water partition coefficient (Wildman–Crippen LogP) is 4.21. The van der Waals surface area contributed by atoms with E-state index < -0.39 is 53.0 Å². The summed E-state index contributed by atoms with van der Waals surface area (Å²) >= 11 is 0.803. The summed E-state index contributed by atoms with van der Waals surface area (Å²) in [6.07, 6.45) is -10.3. The van der Waals surface area contributed by atoms with Crippen LogP contribution in [0.15, 0.2) is 41.8 Å². The molecular weight excluding hydrogens is 438 g/mol. The lowest BCUT2D eigenvalue weighted by atomic mass is 9.77. The van der Waals surface area contributed by atoms with E-state index >= 15 is 0 Å². The van der Waals surface area contributed by atoms with Gasteiger partial charge in [0, 0.05) is 7.05 Å². The summed E-state index contributed by atoms with van der Waals surface area (Å²) in [6, 6.07) is 2.61. The fraction of sp³-hybridized carbons (Fsp3) is 0.333. The summed E-state index contributed by atoms with van der Waals surface area (Å²) in [4.78, 5) is 25.0. The number of nitrogens with zero attached hydrogens (tertiary/aromatic N) is 1. The lowest BCUT2D eigenvalue weighted by Crippen LogP contribution is -2.72. The number of ketones is 1. The third-order valence-electron chi connectivity index (χ3n) is 4.90. The van der Waals surface area contributed by atoms with E-state index in [1.54, 1.807) is 0 Å². The van der Waals surface area contributed by atoms with Crippen LogP contribution in [-0.4, -0.2) is 40.8 Å². The molecule has 0 spiro atoms. The number of Topliss-reactive ketones (excluding diaryl/α,β-unsaturated/α-hetero) is 1. The third kappa shape index (κ3) is 3.54. The first-order chi connectivity index (χ1) is 13.8. The molecule has 1 aliphatic rings. The fourth-order valence-corrected chi connectivity index (χ4v) is 4.07. The quantitative estimate of drug-likeness (QED) is 0.542. The number of hydrogen-bond acceptors (Lipinski definition) is 4. The van der Waals surface area contributed by atoms with Crippen molar-refractivity contribution in [1.29, 1.82) is 0 Å². The van der Waals surface area contributed by atoms with Gasteiger partial charge in [-0.05, 0) is 29.1 Å². The zero-order valence-electron chi connectivity index (χ0n) is 15.1. The number of aliphatic hydroxyl groups is 1. The van der Waals surface area contributed by atoms with Gasteiger partial charge in [0.2, 0.25) is 0 Å². The van der Waals surface area contributed by atoms with E-state index in [4.69, 9.17) is 0 Å². The maximum Gasteiger partial charge on any atom is 0.437 e. The molecule has 162 valence electrons. The molecule has 0 aliphatic carbocycles. The fourth-order valence-electron chi connectivity index (χ4n) is 3.37. The van der Waals surface area contributed by atoms with Gasteiger partial charge in [-0.25, -0.2) is 4.79 Å². The molecule has 0 saturated carbocycles. The number of hydrogen-bond donors (Lipinski definition) is 2. The van der Waals surface area contributed by atoms with Gasteiger partial charge >= 0.3 is 18.4 Å². The maximum absolute atomic E-state index is 14.0. The number of nitrogens with one attached hydrogen (secondary N) is 1. The van der Waals surface area contributed by atoms with Crippen molar-refractivity contribution in [3.05, 3.63) is 57.8 Å². The molecule has 0 radical (unpaired) electrons. The minimum absolute atomic E-state index is 0.0622. The summed E-state index contributed by atoms with van der Waals surface area (Å²) in [6.45, 7) is 0. The Morgan fingerprint density at radius 1 is 1.17 bits per heavy atom. The zero-order valence-corrected chi connectivity index (χ0v) is 15.9. The number of rotatable bonds is 3. The smallest absolute Gasteiger partial charge is 0.363 e. The summed E-state index contributed by atoms with van der Waals surface area (Å²) in [5.41, 5.74) is -5.52. The second-order valence-corrected chi connectivity index (χ2v) is 7.60. The zero-order chi connectivity index (χ0) is 22.5. The SMILES string of the molecule is CN1C(=O)N[C@@H](c2cccc(C(F)(F)F)c2)[C@H](C(=O)c2cccs2)[C@]1(O)C(F)(F)F. The molecule has 1 fully saturated rings. The molecule has 2 heterocycles. The molecule has 3 rings (SSSR count). The van der Waals surface area contributed by atoms with Crippen LogP contribution in [0.25, 0.3) is 0 Å². The largest absolute Gasteiger partial charge is 0.437 e. The van der Waals surface area contributed by atoms with Crippen molar-refractivity contribution < 1.29 is 41.0 Å². The summed E-state index contributed by atoms with van der Waals surface area (Å²) in [7, 11) is 0.653. The van der Waals surface area contributed by atoms with Gasteiger partial charge in [-0.1, -0.05) is 18.2 Å². The lowest BCUT2D eigenvalue weighted by Gasteiger charge is -2.49. The molecule has 0 bridgehead atoms. The molecule has 5 nitrogen and oxygen atoms in total. The van der Waals surface area contributed by atoms with E-state index in [0.29, 0.717) is 19.2 Å². The number of carbonyl (C=O) groups is 2. The molecule has 1 aromatic heterocycles. The molecule has 1 saturated heterocycles. The van der Waals surface area contributed by atoms with Gasteiger partial charge in [0.1, 0.15) is 5.92 Å². The number of benzene rings is 1. The monoisotopic (exact) mass is 452 g/mol. The molecule has 12 heteroatoms. The number of halogens is 6. The Bertz CT molecular complexity index is 960. The Kier molecular flexibility index (Phi) is 5.35. The van der Waals surface area contributed by atoms with E-state index in [1.807, 2.05) is 0 Å². The molecule has 0 unspecified atom stereocenters. The minimum atomic E-state index is -5.48. The van der Waals surface area contributed by atoms with Crippen molar-refractivity contribution in [3.63, 3.8) is 0 Å². The van der Waals surface area contributed by atoms with Gasteiger partial charge in [0.15, 0.2) is 5.78 Å². The van der Waals surface area contributed by atoms with Crippen LogP contribution in [-0.2, 0) is 6.18 Å². The highest BCUT2D eigenvalue weighted by Crippen LogP contribution is 2.48. The van der Waals surface area contributed by atoms with Crippen LogP contribution in [0.5, 0.6) is 0 Å². The first kappa shape index (κ1) is 22.1. The van der Waals surface area contributed by atoms with Gasteiger partial charge in [-0.3, -0.25) is 9.69 Å². The van der Waals surface area contributed by atoms with Crippen LogP contribution in [0.4, 0.5) is 31.1 Å². The summed E-state index contributed by atoms with van der Waals surface area (Å²) in [5, 5.41) is 14.2. The number of carbonyl (C=O) groups excluding carboxylic acids is 2. The van der Waals surface area contributed by atoms with Gasteiger partial charge in [0.05, 0.1) is 16.5 Å². The summed E-state index contributed by atoms with van der Waals surface area (Å²) in [5.74, 6) is -3.53.